The smallest absolute Gasteiger partial charge is 0.344 e. The van der Waals surface area contributed by atoms with Crippen molar-refractivity contribution in [1.82, 2.24) is 9.27 Å². The lowest BCUT2D eigenvalue weighted by Gasteiger charge is -2.46. The molecule has 0 radical (unpaired) electrons. The minimum Gasteiger partial charge on any atom is -0.465 e. The zero-order valence-corrected chi connectivity index (χ0v) is 13.4. The van der Waals surface area contributed by atoms with Crippen LogP contribution in [0, 0.1) is 5.92 Å². The van der Waals surface area contributed by atoms with Crippen LogP contribution < -0.4 is 10.6 Å². The molecule has 2 unspecified atom stereocenters. The second-order valence-electron chi connectivity index (χ2n) is 5.92. The summed E-state index contributed by atoms with van der Waals surface area (Å²) in [7, 11) is 3.60. The molecule has 2 saturated heterocycles. The predicted octanol–water partition coefficient (Wildman–Crippen LogP) is 1.43. The van der Waals surface area contributed by atoms with Gasteiger partial charge in [0.2, 0.25) is 0 Å². The number of nitrogen functional groups attached to an aromatic ring is 1. The number of esters is 1. The number of hydrogen-bond donors (Lipinski definition) is 1. The minimum atomic E-state index is -0.390. The fourth-order valence-electron chi connectivity index (χ4n) is 3.64. The third-order valence-electron chi connectivity index (χ3n) is 4.72. The largest absolute Gasteiger partial charge is 0.465 e. The molecule has 0 aliphatic carbocycles. The van der Waals surface area contributed by atoms with E-state index in [2.05, 4.69) is 21.2 Å². The van der Waals surface area contributed by atoms with Gasteiger partial charge in [-0.1, -0.05) is 0 Å². The molecule has 0 saturated carbocycles. The summed E-state index contributed by atoms with van der Waals surface area (Å²) in [6, 6.07) is 0.668. The van der Waals surface area contributed by atoms with Gasteiger partial charge in [-0.15, -0.1) is 0 Å². The van der Waals surface area contributed by atoms with Gasteiger partial charge in [0.05, 0.1) is 7.11 Å². The molecule has 0 aromatic carbocycles. The molecule has 2 N–H and O–H groups in total. The van der Waals surface area contributed by atoms with Crippen molar-refractivity contribution in [3.05, 3.63) is 5.56 Å². The van der Waals surface area contributed by atoms with Crippen molar-refractivity contribution >= 4 is 28.3 Å². The fourth-order valence-corrected chi connectivity index (χ4v) is 4.48. The van der Waals surface area contributed by atoms with Crippen LogP contribution in [0.2, 0.25) is 0 Å². The number of nitrogens with two attached hydrogens (primary N) is 1. The first-order valence-electron chi connectivity index (χ1n) is 7.40. The summed E-state index contributed by atoms with van der Waals surface area (Å²) in [6.07, 6.45) is 3.63. The number of aromatic nitrogens is 1. The monoisotopic (exact) mass is 310 g/mol. The third-order valence-corrected chi connectivity index (χ3v) is 5.65. The van der Waals surface area contributed by atoms with E-state index in [1.165, 1.54) is 38.0 Å². The van der Waals surface area contributed by atoms with Gasteiger partial charge in [-0.05, 0) is 50.3 Å². The van der Waals surface area contributed by atoms with Gasteiger partial charge in [0.1, 0.15) is 10.6 Å². The molecule has 3 rings (SSSR count). The Morgan fingerprint density at radius 3 is 3.00 bits per heavy atom. The molecular weight excluding hydrogens is 288 g/mol. The van der Waals surface area contributed by atoms with Crippen molar-refractivity contribution in [3.8, 4) is 0 Å². The van der Waals surface area contributed by atoms with E-state index in [1.807, 2.05) is 0 Å². The third kappa shape index (κ3) is 2.60. The minimum absolute atomic E-state index is 0.282. The summed E-state index contributed by atoms with van der Waals surface area (Å²) in [5.74, 6) is 0.551. The molecule has 6 nitrogen and oxygen atoms in total. The van der Waals surface area contributed by atoms with E-state index in [0.717, 1.165) is 24.5 Å². The average Bonchev–Trinajstić information content (AvgIpc) is 2.88. The number of rotatable bonds is 2. The van der Waals surface area contributed by atoms with Crippen molar-refractivity contribution in [2.45, 2.75) is 25.3 Å². The highest BCUT2D eigenvalue weighted by atomic mass is 32.1. The standard InChI is InChI=1S/C14H22N4O2S/c1-17-6-3-4-9-8-18(7-5-10(9)17)13-11(14(19)20-2)12(15)16-21-13/h9-10H,3-8H2,1-2H3,(H2,15,16). The topological polar surface area (TPSA) is 71.7 Å². The first kappa shape index (κ1) is 14.6. The highest BCUT2D eigenvalue weighted by Crippen LogP contribution is 2.37. The number of ether oxygens (including phenoxy) is 1. The van der Waals surface area contributed by atoms with Crippen LogP contribution in [-0.4, -0.2) is 55.1 Å². The number of carbonyl (C=O) groups excluding carboxylic acids is 1. The Labute approximate surface area is 129 Å². The number of hydrogen-bond acceptors (Lipinski definition) is 7. The van der Waals surface area contributed by atoms with Crippen LogP contribution in [0.3, 0.4) is 0 Å². The lowest BCUT2D eigenvalue weighted by Crippen LogP contribution is -2.52. The molecule has 2 aliphatic rings. The Morgan fingerprint density at radius 1 is 1.43 bits per heavy atom. The second-order valence-corrected chi connectivity index (χ2v) is 6.68. The highest BCUT2D eigenvalue weighted by Gasteiger charge is 2.36. The lowest BCUT2D eigenvalue weighted by molar-refractivity contribution is 0.0602. The number of methoxy groups -OCH3 is 1. The first-order chi connectivity index (χ1) is 10.1. The van der Waals surface area contributed by atoms with Crippen molar-refractivity contribution in [3.63, 3.8) is 0 Å². The van der Waals surface area contributed by atoms with Crippen LogP contribution in [0.5, 0.6) is 0 Å². The predicted molar refractivity (Wildman–Crippen MR) is 83.8 cm³/mol. The molecule has 116 valence electrons. The molecule has 1 aromatic heterocycles. The van der Waals surface area contributed by atoms with Crippen LogP contribution in [0.25, 0.3) is 0 Å². The summed E-state index contributed by atoms with van der Waals surface area (Å²) < 4.78 is 8.99. The van der Waals surface area contributed by atoms with Crippen molar-refractivity contribution in [2.75, 3.05) is 44.4 Å². The number of anilines is 2. The molecule has 0 amide bonds. The van der Waals surface area contributed by atoms with Gasteiger partial charge in [0.15, 0.2) is 5.82 Å². The van der Waals surface area contributed by atoms with E-state index in [9.17, 15) is 4.79 Å². The van der Waals surface area contributed by atoms with Crippen molar-refractivity contribution in [2.24, 2.45) is 5.92 Å². The molecule has 0 bridgehead atoms. The summed E-state index contributed by atoms with van der Waals surface area (Å²) in [5, 5.41) is 0.867. The maximum atomic E-state index is 11.9. The lowest BCUT2D eigenvalue weighted by atomic mass is 9.84. The van der Waals surface area contributed by atoms with E-state index in [4.69, 9.17) is 10.5 Å². The average molecular weight is 310 g/mol. The Balaban J connectivity index is 1.81. The summed E-state index contributed by atoms with van der Waals surface area (Å²) in [5.41, 5.74) is 6.28. The Bertz CT molecular complexity index is 533. The van der Waals surface area contributed by atoms with E-state index in [1.54, 1.807) is 0 Å². The van der Waals surface area contributed by atoms with E-state index in [0.29, 0.717) is 17.5 Å². The number of nitrogens with zero attached hydrogens (tertiary/aromatic N) is 3. The molecule has 1 aromatic rings. The van der Waals surface area contributed by atoms with Gasteiger partial charge >= 0.3 is 5.97 Å². The molecule has 2 aliphatic heterocycles. The fraction of sp³-hybridized carbons (Fsp3) is 0.714. The highest BCUT2D eigenvalue weighted by molar-refractivity contribution is 7.11. The zero-order chi connectivity index (χ0) is 15.0. The van der Waals surface area contributed by atoms with Gasteiger partial charge in [0, 0.05) is 19.1 Å². The Hall–Kier alpha value is -1.34. The molecular formula is C14H22N4O2S. The van der Waals surface area contributed by atoms with Gasteiger partial charge < -0.3 is 20.3 Å². The number of carbonyl (C=O) groups is 1. The van der Waals surface area contributed by atoms with Crippen LogP contribution in [0.15, 0.2) is 0 Å². The number of likely N-dealkylation sites (tertiary alicyclic amines) is 1. The van der Waals surface area contributed by atoms with E-state index in [-0.39, 0.29) is 11.8 Å². The molecule has 2 fully saturated rings. The normalized spacial score (nSPS) is 26.5. The van der Waals surface area contributed by atoms with Gasteiger partial charge in [-0.3, -0.25) is 0 Å². The number of fused-ring (bicyclic) bond motifs is 1. The van der Waals surface area contributed by atoms with Crippen molar-refractivity contribution in [1.29, 1.82) is 0 Å². The Kier molecular flexibility index (Phi) is 4.03. The molecule has 2 atom stereocenters. The van der Waals surface area contributed by atoms with Gasteiger partial charge in [-0.25, -0.2) is 4.79 Å². The van der Waals surface area contributed by atoms with Crippen molar-refractivity contribution < 1.29 is 9.53 Å². The van der Waals surface area contributed by atoms with Gasteiger partial charge in [0.25, 0.3) is 0 Å². The SMILES string of the molecule is COC(=O)c1c(N)nsc1N1CCC2C(CCCN2C)C1. The second kappa shape index (κ2) is 5.81. The summed E-state index contributed by atoms with van der Waals surface area (Å²) in [6.45, 7) is 3.11. The van der Waals surface area contributed by atoms with Crippen LogP contribution in [0.4, 0.5) is 10.8 Å². The van der Waals surface area contributed by atoms with Crippen LogP contribution in [0.1, 0.15) is 29.6 Å². The van der Waals surface area contributed by atoms with Crippen LogP contribution in [-0.2, 0) is 4.74 Å². The van der Waals surface area contributed by atoms with Crippen LogP contribution >= 0.6 is 11.5 Å². The molecule has 21 heavy (non-hydrogen) atoms. The maximum Gasteiger partial charge on any atom is 0.344 e. The zero-order valence-electron chi connectivity index (χ0n) is 12.5. The molecule has 0 spiro atoms. The first-order valence-corrected chi connectivity index (χ1v) is 8.17. The molecule has 3 heterocycles. The van der Waals surface area contributed by atoms with E-state index < -0.39 is 0 Å². The Morgan fingerprint density at radius 2 is 2.24 bits per heavy atom. The quantitative estimate of drug-likeness (QED) is 0.833. The maximum absolute atomic E-state index is 11.9. The summed E-state index contributed by atoms with van der Waals surface area (Å²) >= 11 is 1.30. The van der Waals surface area contributed by atoms with Gasteiger partial charge in [-0.2, -0.15) is 4.37 Å². The summed E-state index contributed by atoms with van der Waals surface area (Å²) in [4.78, 5) is 16.7. The number of piperidine rings is 2. The van der Waals surface area contributed by atoms with E-state index >= 15 is 0 Å². The molecule has 7 heteroatoms.